The van der Waals surface area contributed by atoms with Crippen LogP contribution in [0.25, 0.3) is 0 Å². The molecule has 0 amide bonds. The van der Waals surface area contributed by atoms with Crippen molar-refractivity contribution in [3.8, 4) is 0 Å². The van der Waals surface area contributed by atoms with Gasteiger partial charge in [-0.15, -0.1) is 0 Å². The lowest BCUT2D eigenvalue weighted by Gasteiger charge is -2.12. The van der Waals surface area contributed by atoms with Gasteiger partial charge in [0, 0.05) is 21.7 Å². The summed E-state index contributed by atoms with van der Waals surface area (Å²) in [5.74, 6) is -0.0684. The zero-order valence-corrected chi connectivity index (χ0v) is 14.7. The molecule has 3 aromatic carbocycles. The van der Waals surface area contributed by atoms with Crippen LogP contribution in [0, 0.1) is 13.8 Å². The van der Waals surface area contributed by atoms with E-state index in [0.29, 0.717) is 16.4 Å². The monoisotopic (exact) mass is 334 g/mol. The van der Waals surface area contributed by atoms with E-state index in [2.05, 4.69) is 0 Å². The number of aryl methyl sites for hydroxylation is 1. The Kier molecular flexibility index (Phi) is 4.78. The topological polar surface area (TPSA) is 34.1 Å². The third-order valence-corrected chi connectivity index (χ3v) is 6.08. The Balaban J connectivity index is 2.08. The molecule has 3 aromatic rings. The maximum absolute atomic E-state index is 13.1. The molecule has 0 fully saturated rings. The molecule has 24 heavy (non-hydrogen) atoms. The van der Waals surface area contributed by atoms with Crippen molar-refractivity contribution in [2.45, 2.75) is 13.8 Å². The second kappa shape index (κ2) is 6.98. The predicted molar refractivity (Wildman–Crippen MR) is 101 cm³/mol. The number of hydrogen-bond acceptors (Lipinski definition) is 2. The standard InChI is InChI=1S/C21H19O2P/c1-15-9-8-13-18(16(15)2)21(22)19-12-6-7-14-20(19)24(23)17-10-4-3-5-11-17/h3-14,24H,1-2H3. The van der Waals surface area contributed by atoms with Gasteiger partial charge in [-0.2, -0.15) is 0 Å². The van der Waals surface area contributed by atoms with Crippen LogP contribution in [-0.4, -0.2) is 5.78 Å². The lowest BCUT2D eigenvalue weighted by Crippen LogP contribution is -2.17. The van der Waals surface area contributed by atoms with Gasteiger partial charge in [-0.25, -0.2) is 0 Å². The molecular formula is C21H19O2P. The van der Waals surface area contributed by atoms with Crippen molar-refractivity contribution in [2.24, 2.45) is 0 Å². The van der Waals surface area contributed by atoms with Gasteiger partial charge >= 0.3 is 0 Å². The summed E-state index contributed by atoms with van der Waals surface area (Å²) in [7, 11) is -2.22. The first-order valence-corrected chi connectivity index (χ1v) is 9.30. The molecule has 0 N–H and O–H groups in total. The van der Waals surface area contributed by atoms with E-state index in [4.69, 9.17) is 0 Å². The number of rotatable bonds is 4. The first-order chi connectivity index (χ1) is 11.6. The van der Waals surface area contributed by atoms with E-state index in [1.807, 2.05) is 74.5 Å². The van der Waals surface area contributed by atoms with E-state index in [9.17, 15) is 9.36 Å². The van der Waals surface area contributed by atoms with Gasteiger partial charge in [-0.1, -0.05) is 72.8 Å². The Bertz CT molecular complexity index is 914. The number of carbonyl (C=O) groups excluding carboxylic acids is 1. The number of ketones is 1. The fourth-order valence-corrected chi connectivity index (χ4v) is 4.26. The Morgan fingerprint density at radius 1 is 0.750 bits per heavy atom. The molecule has 0 bridgehead atoms. The van der Waals surface area contributed by atoms with Gasteiger partial charge in [-0.3, -0.25) is 4.79 Å². The lowest BCUT2D eigenvalue weighted by molar-refractivity contribution is 0.103. The van der Waals surface area contributed by atoms with E-state index in [1.165, 1.54) is 0 Å². The summed E-state index contributed by atoms with van der Waals surface area (Å²) in [6.07, 6.45) is 0. The molecule has 0 saturated carbocycles. The summed E-state index contributed by atoms with van der Waals surface area (Å²) < 4.78 is 13.0. The molecule has 0 heterocycles. The van der Waals surface area contributed by atoms with Gasteiger partial charge < -0.3 is 4.57 Å². The Morgan fingerprint density at radius 3 is 2.12 bits per heavy atom. The van der Waals surface area contributed by atoms with Crippen molar-refractivity contribution in [2.75, 3.05) is 0 Å². The smallest absolute Gasteiger partial charge is 0.194 e. The minimum absolute atomic E-state index is 0.0684. The summed E-state index contributed by atoms with van der Waals surface area (Å²) in [6.45, 7) is 3.94. The van der Waals surface area contributed by atoms with Crippen LogP contribution in [0.3, 0.4) is 0 Å². The van der Waals surface area contributed by atoms with Crippen molar-refractivity contribution in [1.29, 1.82) is 0 Å². The zero-order valence-electron chi connectivity index (χ0n) is 13.7. The maximum atomic E-state index is 13.1. The van der Waals surface area contributed by atoms with Crippen LogP contribution in [0.5, 0.6) is 0 Å². The Morgan fingerprint density at radius 2 is 1.38 bits per heavy atom. The fraction of sp³-hybridized carbons (Fsp3) is 0.0952. The van der Waals surface area contributed by atoms with Crippen LogP contribution in [-0.2, 0) is 4.57 Å². The summed E-state index contributed by atoms with van der Waals surface area (Å²) >= 11 is 0. The molecule has 0 radical (unpaired) electrons. The first-order valence-electron chi connectivity index (χ1n) is 7.89. The third kappa shape index (κ3) is 3.11. The highest BCUT2D eigenvalue weighted by Gasteiger charge is 2.19. The van der Waals surface area contributed by atoms with Crippen molar-refractivity contribution in [1.82, 2.24) is 0 Å². The van der Waals surface area contributed by atoms with Crippen molar-refractivity contribution in [3.63, 3.8) is 0 Å². The van der Waals surface area contributed by atoms with Gasteiger partial charge in [0.1, 0.15) is 7.80 Å². The minimum Gasteiger partial charge on any atom is -0.317 e. The van der Waals surface area contributed by atoms with Gasteiger partial charge in [0.15, 0.2) is 5.78 Å². The van der Waals surface area contributed by atoms with Crippen LogP contribution in [0.1, 0.15) is 27.0 Å². The Hall–Kier alpha value is -2.44. The SMILES string of the molecule is Cc1cccc(C(=O)c2ccccc2[PH](=O)c2ccccc2)c1C. The zero-order chi connectivity index (χ0) is 17.1. The normalized spacial score (nSPS) is 11.9. The Labute approximate surface area is 143 Å². The van der Waals surface area contributed by atoms with Crippen molar-refractivity contribution in [3.05, 3.63) is 95.1 Å². The molecule has 0 aliphatic heterocycles. The van der Waals surface area contributed by atoms with Crippen LogP contribution >= 0.6 is 7.80 Å². The molecule has 1 atom stereocenters. The molecule has 0 spiro atoms. The molecule has 0 aliphatic rings. The van der Waals surface area contributed by atoms with E-state index >= 15 is 0 Å². The van der Waals surface area contributed by atoms with Crippen molar-refractivity contribution < 1.29 is 9.36 Å². The van der Waals surface area contributed by atoms with Crippen LogP contribution < -0.4 is 10.6 Å². The van der Waals surface area contributed by atoms with Crippen molar-refractivity contribution >= 4 is 24.2 Å². The molecule has 120 valence electrons. The molecule has 0 aliphatic carbocycles. The van der Waals surface area contributed by atoms with E-state index in [1.54, 1.807) is 12.1 Å². The highest BCUT2D eigenvalue weighted by atomic mass is 31.1. The maximum Gasteiger partial charge on any atom is 0.194 e. The second-order valence-corrected chi connectivity index (χ2v) is 7.59. The number of carbonyl (C=O) groups is 1. The summed E-state index contributed by atoms with van der Waals surface area (Å²) in [5, 5.41) is 1.39. The molecular weight excluding hydrogens is 315 g/mol. The van der Waals surface area contributed by atoms with E-state index in [0.717, 1.165) is 16.4 Å². The number of hydrogen-bond donors (Lipinski definition) is 0. The minimum atomic E-state index is -2.22. The largest absolute Gasteiger partial charge is 0.317 e. The summed E-state index contributed by atoms with van der Waals surface area (Å²) in [4.78, 5) is 13.1. The van der Waals surface area contributed by atoms with Crippen LogP contribution in [0.15, 0.2) is 72.8 Å². The lowest BCUT2D eigenvalue weighted by atomic mass is 9.96. The predicted octanol–water partition coefficient (Wildman–Crippen LogP) is 4.04. The van der Waals surface area contributed by atoms with E-state index < -0.39 is 7.80 Å². The third-order valence-electron chi connectivity index (χ3n) is 4.30. The van der Waals surface area contributed by atoms with Gasteiger partial charge in [0.05, 0.1) is 0 Å². The molecule has 0 aromatic heterocycles. The van der Waals surface area contributed by atoms with E-state index in [-0.39, 0.29) is 5.78 Å². The second-order valence-electron chi connectivity index (χ2n) is 5.82. The fourth-order valence-electron chi connectivity index (χ4n) is 2.77. The molecule has 3 heteroatoms. The van der Waals surface area contributed by atoms with Crippen LogP contribution in [0.4, 0.5) is 0 Å². The summed E-state index contributed by atoms with van der Waals surface area (Å²) in [6, 6.07) is 22.3. The molecule has 2 nitrogen and oxygen atoms in total. The molecule has 1 unspecified atom stereocenters. The molecule has 0 saturated heterocycles. The summed E-state index contributed by atoms with van der Waals surface area (Å²) in [5.41, 5.74) is 3.25. The highest BCUT2D eigenvalue weighted by Crippen LogP contribution is 2.24. The quantitative estimate of drug-likeness (QED) is 0.533. The van der Waals surface area contributed by atoms with Gasteiger partial charge in [-0.05, 0) is 25.0 Å². The molecule has 3 rings (SSSR count). The van der Waals surface area contributed by atoms with Gasteiger partial charge in [0.25, 0.3) is 0 Å². The number of benzene rings is 3. The average molecular weight is 334 g/mol. The average Bonchev–Trinajstić information content (AvgIpc) is 2.63. The van der Waals surface area contributed by atoms with Gasteiger partial charge in [0.2, 0.25) is 0 Å². The van der Waals surface area contributed by atoms with Crippen LogP contribution in [0.2, 0.25) is 0 Å². The first kappa shape index (κ1) is 16.4. The highest BCUT2D eigenvalue weighted by molar-refractivity contribution is 7.61.